The molecule has 1 aromatic rings. The first-order chi connectivity index (χ1) is 9.27. The van der Waals surface area contributed by atoms with E-state index in [1.807, 2.05) is 0 Å². The molecule has 0 aliphatic heterocycles. The molecule has 2 N–H and O–H groups in total. The maximum absolute atomic E-state index is 6.03. The summed E-state index contributed by atoms with van der Waals surface area (Å²) < 4.78 is 2.29. The van der Waals surface area contributed by atoms with Gasteiger partial charge in [0, 0.05) is 25.0 Å². The summed E-state index contributed by atoms with van der Waals surface area (Å²) in [5, 5.41) is 0. The van der Waals surface area contributed by atoms with Crippen LogP contribution in [-0.2, 0) is 6.54 Å². The first-order valence-corrected chi connectivity index (χ1v) is 8.19. The van der Waals surface area contributed by atoms with E-state index < -0.39 is 0 Å². The van der Waals surface area contributed by atoms with E-state index in [0.717, 1.165) is 13.0 Å². The van der Waals surface area contributed by atoms with Crippen LogP contribution in [0.3, 0.4) is 0 Å². The molecular formula is C17H32N2. The van der Waals surface area contributed by atoms with Gasteiger partial charge in [-0.15, -0.1) is 0 Å². The Labute approximate surface area is 119 Å². The molecule has 1 atom stereocenters. The van der Waals surface area contributed by atoms with Gasteiger partial charge in [0.05, 0.1) is 0 Å². The third-order valence-electron chi connectivity index (χ3n) is 3.91. The molecule has 0 fully saturated rings. The Morgan fingerprint density at radius 1 is 1.00 bits per heavy atom. The summed E-state index contributed by atoms with van der Waals surface area (Å²) in [7, 11) is 0. The topological polar surface area (TPSA) is 30.9 Å². The second-order valence-corrected chi connectivity index (χ2v) is 5.67. The number of aryl methyl sites for hydroxylation is 1. The molecule has 0 amide bonds. The zero-order chi connectivity index (χ0) is 13.9. The largest absolute Gasteiger partial charge is 0.354 e. The SMILES string of the molecule is CCCCCCCCCCn1ccc(C(N)CC)c1. The van der Waals surface area contributed by atoms with Crippen molar-refractivity contribution in [2.45, 2.75) is 84.2 Å². The van der Waals surface area contributed by atoms with E-state index in [1.54, 1.807) is 0 Å². The maximum atomic E-state index is 6.03. The van der Waals surface area contributed by atoms with Gasteiger partial charge in [0.15, 0.2) is 0 Å². The molecule has 0 aliphatic rings. The van der Waals surface area contributed by atoms with Crippen molar-refractivity contribution in [3.05, 3.63) is 24.0 Å². The average Bonchev–Trinajstić information content (AvgIpc) is 2.89. The highest BCUT2D eigenvalue weighted by atomic mass is 14.9. The predicted molar refractivity (Wildman–Crippen MR) is 84.3 cm³/mol. The molecule has 1 aromatic heterocycles. The lowest BCUT2D eigenvalue weighted by Crippen LogP contribution is -2.07. The molecule has 0 saturated carbocycles. The predicted octanol–water partition coefficient (Wildman–Crippen LogP) is 5.04. The monoisotopic (exact) mass is 264 g/mol. The average molecular weight is 264 g/mol. The van der Waals surface area contributed by atoms with Crippen molar-refractivity contribution < 1.29 is 0 Å². The lowest BCUT2D eigenvalue weighted by atomic mass is 10.1. The van der Waals surface area contributed by atoms with Crippen molar-refractivity contribution in [2.24, 2.45) is 5.73 Å². The molecule has 0 bridgehead atoms. The molecule has 0 aromatic carbocycles. The van der Waals surface area contributed by atoms with Crippen LogP contribution in [0.15, 0.2) is 18.5 Å². The number of nitrogens with zero attached hydrogens (tertiary/aromatic N) is 1. The zero-order valence-corrected chi connectivity index (χ0v) is 12.9. The van der Waals surface area contributed by atoms with Crippen LogP contribution in [0, 0.1) is 0 Å². The first kappa shape index (κ1) is 16.3. The number of unbranched alkanes of at least 4 members (excludes halogenated alkanes) is 7. The van der Waals surface area contributed by atoms with Crippen LogP contribution in [-0.4, -0.2) is 4.57 Å². The Hall–Kier alpha value is -0.760. The van der Waals surface area contributed by atoms with E-state index in [1.165, 1.54) is 56.9 Å². The van der Waals surface area contributed by atoms with Gasteiger partial charge in [0.2, 0.25) is 0 Å². The Morgan fingerprint density at radius 3 is 2.26 bits per heavy atom. The Bertz CT molecular complexity index is 317. The molecule has 1 unspecified atom stereocenters. The molecule has 0 spiro atoms. The van der Waals surface area contributed by atoms with Gasteiger partial charge in [-0.3, -0.25) is 0 Å². The third kappa shape index (κ3) is 6.81. The van der Waals surface area contributed by atoms with Crippen molar-refractivity contribution in [3.63, 3.8) is 0 Å². The summed E-state index contributed by atoms with van der Waals surface area (Å²) in [5.74, 6) is 0. The summed E-state index contributed by atoms with van der Waals surface area (Å²) >= 11 is 0. The van der Waals surface area contributed by atoms with Gasteiger partial charge in [0.25, 0.3) is 0 Å². The Balaban J connectivity index is 2.04. The van der Waals surface area contributed by atoms with Crippen LogP contribution >= 0.6 is 0 Å². The fraction of sp³-hybridized carbons (Fsp3) is 0.765. The van der Waals surface area contributed by atoms with Crippen LogP contribution in [0.5, 0.6) is 0 Å². The number of hydrogen-bond acceptors (Lipinski definition) is 1. The van der Waals surface area contributed by atoms with Crippen LogP contribution < -0.4 is 5.73 Å². The van der Waals surface area contributed by atoms with E-state index in [9.17, 15) is 0 Å². The van der Waals surface area contributed by atoms with Crippen LogP contribution in [0.25, 0.3) is 0 Å². The fourth-order valence-corrected chi connectivity index (χ4v) is 2.48. The summed E-state index contributed by atoms with van der Waals surface area (Å²) in [6, 6.07) is 2.37. The standard InChI is InChI=1S/C17H32N2/c1-3-5-6-7-8-9-10-11-13-19-14-12-16(15-19)17(18)4-2/h12,14-15,17H,3-11,13,18H2,1-2H3. The van der Waals surface area contributed by atoms with Gasteiger partial charge in [0.1, 0.15) is 0 Å². The molecule has 0 saturated heterocycles. The molecule has 1 heterocycles. The fourth-order valence-electron chi connectivity index (χ4n) is 2.48. The van der Waals surface area contributed by atoms with E-state index >= 15 is 0 Å². The second-order valence-electron chi connectivity index (χ2n) is 5.67. The van der Waals surface area contributed by atoms with Crippen molar-refractivity contribution >= 4 is 0 Å². The van der Waals surface area contributed by atoms with Gasteiger partial charge in [-0.25, -0.2) is 0 Å². The minimum atomic E-state index is 0.208. The minimum absolute atomic E-state index is 0.208. The van der Waals surface area contributed by atoms with E-state index in [-0.39, 0.29) is 6.04 Å². The van der Waals surface area contributed by atoms with Gasteiger partial charge < -0.3 is 10.3 Å². The first-order valence-electron chi connectivity index (χ1n) is 8.19. The molecule has 0 radical (unpaired) electrons. The highest BCUT2D eigenvalue weighted by Crippen LogP contribution is 2.15. The summed E-state index contributed by atoms with van der Waals surface area (Å²) in [5.41, 5.74) is 7.31. The van der Waals surface area contributed by atoms with Crippen LogP contribution in [0.2, 0.25) is 0 Å². The van der Waals surface area contributed by atoms with E-state index in [0.29, 0.717) is 0 Å². The van der Waals surface area contributed by atoms with E-state index in [4.69, 9.17) is 5.73 Å². The maximum Gasteiger partial charge on any atom is 0.0307 e. The number of rotatable bonds is 11. The zero-order valence-electron chi connectivity index (χ0n) is 12.9. The van der Waals surface area contributed by atoms with Gasteiger partial charge in [-0.05, 0) is 24.5 Å². The molecule has 19 heavy (non-hydrogen) atoms. The Morgan fingerprint density at radius 2 is 1.63 bits per heavy atom. The van der Waals surface area contributed by atoms with Crippen molar-refractivity contribution in [3.8, 4) is 0 Å². The quantitative estimate of drug-likeness (QED) is 0.558. The number of hydrogen-bond donors (Lipinski definition) is 1. The number of nitrogens with two attached hydrogens (primary N) is 1. The highest BCUT2D eigenvalue weighted by Gasteiger charge is 2.04. The molecule has 2 nitrogen and oxygen atoms in total. The molecule has 110 valence electrons. The normalized spacial score (nSPS) is 12.8. The molecular weight excluding hydrogens is 232 g/mol. The third-order valence-corrected chi connectivity index (χ3v) is 3.91. The summed E-state index contributed by atoms with van der Waals surface area (Å²) in [6.07, 6.45) is 16.5. The summed E-state index contributed by atoms with van der Waals surface area (Å²) in [4.78, 5) is 0. The number of aromatic nitrogens is 1. The molecule has 1 rings (SSSR count). The van der Waals surface area contributed by atoms with Gasteiger partial charge in [-0.2, -0.15) is 0 Å². The molecule has 2 heteroatoms. The lowest BCUT2D eigenvalue weighted by molar-refractivity contribution is 0.543. The smallest absolute Gasteiger partial charge is 0.0307 e. The van der Waals surface area contributed by atoms with E-state index in [2.05, 4.69) is 36.9 Å². The van der Waals surface area contributed by atoms with Crippen molar-refractivity contribution in [2.75, 3.05) is 0 Å². The summed E-state index contributed by atoms with van der Waals surface area (Å²) in [6.45, 7) is 5.56. The van der Waals surface area contributed by atoms with Gasteiger partial charge in [-0.1, -0.05) is 58.8 Å². The van der Waals surface area contributed by atoms with Crippen LogP contribution in [0.4, 0.5) is 0 Å². The van der Waals surface area contributed by atoms with Crippen LogP contribution in [0.1, 0.15) is 83.2 Å². The second kappa shape index (κ2) is 10.1. The van der Waals surface area contributed by atoms with Gasteiger partial charge >= 0.3 is 0 Å². The highest BCUT2D eigenvalue weighted by molar-refractivity contribution is 5.14. The minimum Gasteiger partial charge on any atom is -0.354 e. The molecule has 0 aliphatic carbocycles. The van der Waals surface area contributed by atoms with Crippen molar-refractivity contribution in [1.82, 2.24) is 4.57 Å². The lowest BCUT2D eigenvalue weighted by Gasteiger charge is -2.06. The van der Waals surface area contributed by atoms with Crippen molar-refractivity contribution in [1.29, 1.82) is 0 Å². The Kier molecular flexibility index (Phi) is 8.64.